The van der Waals surface area contributed by atoms with Crippen LogP contribution in [0.2, 0.25) is 0 Å². The fourth-order valence-electron chi connectivity index (χ4n) is 4.28. The number of alkyl halides is 3. The van der Waals surface area contributed by atoms with Gasteiger partial charge in [-0.15, -0.1) is 13.2 Å². The number of rotatable bonds is 3. The van der Waals surface area contributed by atoms with Gasteiger partial charge in [0.15, 0.2) is 0 Å². The largest absolute Gasteiger partial charge is 0.573 e. The average molecular weight is 433 g/mol. The Morgan fingerprint density at radius 3 is 2.65 bits per heavy atom. The molecule has 5 rings (SSSR count). The highest BCUT2D eigenvalue weighted by molar-refractivity contribution is 5.88. The van der Waals surface area contributed by atoms with E-state index in [0.717, 1.165) is 12.8 Å². The van der Waals surface area contributed by atoms with Crippen molar-refractivity contribution in [2.75, 3.05) is 11.4 Å². The number of carbonyl (C=O) groups excluding carboxylic acids is 1. The molecule has 3 aromatic rings. The molecule has 8 nitrogen and oxygen atoms in total. The van der Waals surface area contributed by atoms with E-state index in [4.69, 9.17) is 4.74 Å². The van der Waals surface area contributed by atoms with E-state index in [9.17, 15) is 18.0 Å². The first-order valence-corrected chi connectivity index (χ1v) is 9.83. The zero-order valence-corrected chi connectivity index (χ0v) is 16.2. The summed E-state index contributed by atoms with van der Waals surface area (Å²) in [4.78, 5) is 29.7. The lowest BCUT2D eigenvalue weighted by Gasteiger charge is -2.34. The first-order chi connectivity index (χ1) is 14.8. The second-order valence-corrected chi connectivity index (χ2v) is 7.81. The number of anilines is 1. The Balaban J connectivity index is 1.28. The normalized spacial score (nSPS) is 24.0. The highest BCUT2D eigenvalue weighted by atomic mass is 19.4. The molecule has 0 bridgehead atoms. The van der Waals surface area contributed by atoms with Crippen LogP contribution in [0.15, 0.2) is 36.7 Å². The van der Waals surface area contributed by atoms with Gasteiger partial charge >= 0.3 is 12.5 Å². The van der Waals surface area contributed by atoms with Gasteiger partial charge in [-0.1, -0.05) is 0 Å². The van der Waals surface area contributed by atoms with E-state index in [1.165, 1.54) is 23.1 Å². The van der Waals surface area contributed by atoms with Crippen LogP contribution in [0.3, 0.4) is 0 Å². The van der Waals surface area contributed by atoms with Gasteiger partial charge in [0.25, 0.3) is 0 Å². The lowest BCUT2D eigenvalue weighted by atomic mass is 9.78. The number of nitrogens with zero attached hydrogens (tertiary/aromatic N) is 4. The van der Waals surface area contributed by atoms with Gasteiger partial charge < -0.3 is 14.5 Å². The lowest BCUT2D eigenvalue weighted by molar-refractivity contribution is -0.274. The topological polar surface area (TPSA) is 93.2 Å². The first kappa shape index (κ1) is 19.6. The van der Waals surface area contributed by atoms with Gasteiger partial charge in [0.1, 0.15) is 17.2 Å². The Kier molecular flexibility index (Phi) is 4.49. The third-order valence-electron chi connectivity index (χ3n) is 5.75. The molecule has 1 saturated heterocycles. The molecule has 0 unspecified atom stereocenters. The Hall–Kier alpha value is -3.37. The summed E-state index contributed by atoms with van der Waals surface area (Å²) in [7, 11) is 0. The highest BCUT2D eigenvalue weighted by Crippen LogP contribution is 2.43. The lowest BCUT2D eigenvalue weighted by Crippen LogP contribution is -2.38. The molecule has 1 aromatic carbocycles. The van der Waals surface area contributed by atoms with Crippen LogP contribution in [0.4, 0.5) is 23.9 Å². The summed E-state index contributed by atoms with van der Waals surface area (Å²) in [6, 6.07) is 5.72. The number of nitrogens with one attached hydrogen (secondary N) is 1. The number of amides is 1. The number of benzene rings is 1. The monoisotopic (exact) mass is 433 g/mol. The molecule has 2 aromatic heterocycles. The number of aromatic amines is 1. The number of hydrogen-bond acceptors (Lipinski definition) is 6. The minimum Gasteiger partial charge on any atom is -0.441 e. The second kappa shape index (κ2) is 7.10. The van der Waals surface area contributed by atoms with E-state index in [2.05, 4.69) is 24.7 Å². The van der Waals surface area contributed by atoms with Crippen LogP contribution < -0.4 is 9.64 Å². The number of H-pyrrole nitrogens is 1. The molecule has 0 radical (unpaired) electrons. The summed E-state index contributed by atoms with van der Waals surface area (Å²) in [5.41, 5.74) is 0.466. The van der Waals surface area contributed by atoms with Crippen molar-refractivity contribution in [1.29, 1.82) is 0 Å². The average Bonchev–Trinajstić information content (AvgIpc) is 3.29. The van der Waals surface area contributed by atoms with E-state index in [1.54, 1.807) is 18.5 Å². The molecule has 1 saturated carbocycles. The molecule has 1 aliphatic heterocycles. The first-order valence-electron chi connectivity index (χ1n) is 9.83. The van der Waals surface area contributed by atoms with Crippen LogP contribution in [0.5, 0.6) is 5.75 Å². The third-order valence-corrected chi connectivity index (χ3v) is 5.75. The van der Waals surface area contributed by atoms with Gasteiger partial charge in [0.2, 0.25) is 5.95 Å². The predicted molar refractivity (Wildman–Crippen MR) is 103 cm³/mol. The Labute approximate surface area is 174 Å². The van der Waals surface area contributed by atoms with Crippen LogP contribution in [-0.4, -0.2) is 44.5 Å². The van der Waals surface area contributed by atoms with Gasteiger partial charge in [-0.05, 0) is 43.9 Å². The molecule has 0 atom stereocenters. The molecule has 3 heterocycles. The maximum atomic E-state index is 12.4. The van der Waals surface area contributed by atoms with Gasteiger partial charge in [0.05, 0.1) is 17.6 Å². The number of aromatic nitrogens is 4. The molecular formula is C20H18F3N5O3. The number of ether oxygens (including phenoxy) is 2. The van der Waals surface area contributed by atoms with Gasteiger partial charge in [-0.25, -0.2) is 24.6 Å². The summed E-state index contributed by atoms with van der Waals surface area (Å²) in [5.74, 6) is 0.815. The van der Waals surface area contributed by atoms with Crippen molar-refractivity contribution in [2.24, 2.45) is 0 Å². The predicted octanol–water partition coefficient (Wildman–Crippen LogP) is 4.30. The molecule has 1 amide bonds. The number of fused-ring (bicyclic) bond motifs is 1. The van der Waals surface area contributed by atoms with Crippen molar-refractivity contribution in [3.8, 4) is 5.75 Å². The van der Waals surface area contributed by atoms with E-state index in [1.807, 2.05) is 0 Å². The fourth-order valence-corrected chi connectivity index (χ4v) is 4.28. The SMILES string of the molecule is O=C1OC2(CCC(c3nc4cc(OC(F)(F)F)ccc4[nH]3)CC2)CN1c1ncccn1. The zero-order chi connectivity index (χ0) is 21.6. The Morgan fingerprint density at radius 1 is 1.19 bits per heavy atom. The summed E-state index contributed by atoms with van der Waals surface area (Å²) in [6.45, 7) is 0.390. The Morgan fingerprint density at radius 2 is 1.94 bits per heavy atom. The Bertz CT molecular complexity index is 1110. The van der Waals surface area contributed by atoms with Crippen LogP contribution >= 0.6 is 0 Å². The van der Waals surface area contributed by atoms with Crippen molar-refractivity contribution in [3.63, 3.8) is 0 Å². The quantitative estimate of drug-likeness (QED) is 0.662. The minimum atomic E-state index is -4.75. The maximum absolute atomic E-state index is 12.4. The van der Waals surface area contributed by atoms with E-state index < -0.39 is 18.1 Å². The van der Waals surface area contributed by atoms with Crippen LogP contribution in [-0.2, 0) is 4.74 Å². The fraction of sp³-hybridized carbons (Fsp3) is 0.400. The number of halogens is 3. The smallest absolute Gasteiger partial charge is 0.441 e. The van der Waals surface area contributed by atoms with Crippen molar-refractivity contribution < 1.29 is 27.4 Å². The highest BCUT2D eigenvalue weighted by Gasteiger charge is 2.49. The van der Waals surface area contributed by atoms with E-state index >= 15 is 0 Å². The third kappa shape index (κ3) is 3.87. The number of imidazole rings is 1. The minimum absolute atomic E-state index is 0.0886. The standard InChI is InChI=1S/C20H18F3N5O3/c21-20(22,23)30-13-2-3-14-15(10-13)27-16(26-14)12-4-6-19(7-5-12)11-28(18(29)31-19)17-24-8-1-9-25-17/h1-3,8-10,12H,4-7,11H2,(H,26,27). The molecule has 11 heteroatoms. The van der Waals surface area contributed by atoms with E-state index in [-0.39, 0.29) is 11.7 Å². The van der Waals surface area contributed by atoms with Gasteiger partial charge in [0, 0.05) is 24.4 Å². The zero-order valence-electron chi connectivity index (χ0n) is 16.2. The molecule has 162 valence electrons. The molecule has 31 heavy (non-hydrogen) atoms. The molecule has 1 aliphatic carbocycles. The summed E-state index contributed by atoms with van der Waals surface area (Å²) in [6.07, 6.45) is 0.686. The second-order valence-electron chi connectivity index (χ2n) is 7.81. The van der Waals surface area contributed by atoms with Gasteiger partial charge in [-0.2, -0.15) is 0 Å². The molecule has 2 fully saturated rings. The van der Waals surface area contributed by atoms with Crippen LogP contribution in [0.1, 0.15) is 37.4 Å². The molecule has 2 aliphatic rings. The van der Waals surface area contributed by atoms with Crippen molar-refractivity contribution in [1.82, 2.24) is 19.9 Å². The molecule has 1 N–H and O–H groups in total. The number of carbonyl (C=O) groups is 1. The van der Waals surface area contributed by atoms with E-state index in [0.29, 0.717) is 42.2 Å². The van der Waals surface area contributed by atoms with Crippen LogP contribution in [0, 0.1) is 0 Å². The summed E-state index contributed by atoms with van der Waals surface area (Å²) >= 11 is 0. The summed E-state index contributed by atoms with van der Waals surface area (Å²) in [5, 5.41) is 0. The van der Waals surface area contributed by atoms with Gasteiger partial charge in [-0.3, -0.25) is 0 Å². The van der Waals surface area contributed by atoms with Crippen molar-refractivity contribution in [3.05, 3.63) is 42.5 Å². The molecule has 1 spiro atoms. The summed E-state index contributed by atoms with van der Waals surface area (Å²) < 4.78 is 47.0. The maximum Gasteiger partial charge on any atom is 0.573 e. The van der Waals surface area contributed by atoms with Crippen molar-refractivity contribution >= 4 is 23.1 Å². The van der Waals surface area contributed by atoms with Crippen LogP contribution in [0.25, 0.3) is 11.0 Å². The van der Waals surface area contributed by atoms with Crippen molar-refractivity contribution in [2.45, 2.75) is 43.6 Å². The number of hydrogen-bond donors (Lipinski definition) is 1. The molecular weight excluding hydrogens is 415 g/mol.